The van der Waals surface area contributed by atoms with Gasteiger partial charge in [-0.15, -0.1) is 5.54 Å². The summed E-state index contributed by atoms with van der Waals surface area (Å²) in [7, 11) is -1.50. The molecule has 0 atom stereocenters. The van der Waals surface area contributed by atoms with E-state index in [0.717, 1.165) is 10.9 Å². The number of Topliss-reactive ketones (excluding diaryl/α,β-unsaturated/α-hetero) is 1. The number of hydrogen-bond acceptors (Lipinski definition) is 2. The summed E-state index contributed by atoms with van der Waals surface area (Å²) in [6.07, 6.45) is 5.09. The summed E-state index contributed by atoms with van der Waals surface area (Å²) < 4.78 is 0. The van der Waals surface area contributed by atoms with E-state index >= 15 is 0 Å². The summed E-state index contributed by atoms with van der Waals surface area (Å²) in [5.74, 6) is 2.63. The lowest BCUT2D eigenvalue weighted by atomic mass is 10.1. The molecule has 2 rings (SSSR count). The Labute approximate surface area is 101 Å². The number of carbonyl (C=O) groups excluding carboxylic acids is 1. The van der Waals surface area contributed by atoms with Crippen molar-refractivity contribution in [3.8, 4) is 11.5 Å². The van der Waals surface area contributed by atoms with Gasteiger partial charge in [-0.2, -0.15) is 0 Å². The van der Waals surface area contributed by atoms with Gasteiger partial charge < -0.3 is 4.98 Å². The average molecular weight is 242 g/mol. The van der Waals surface area contributed by atoms with Crippen molar-refractivity contribution < 1.29 is 4.79 Å². The summed E-state index contributed by atoms with van der Waals surface area (Å²) in [6.45, 7) is 6.35. The molecule has 86 valence electrons. The third-order valence-electron chi connectivity index (χ3n) is 2.28. The number of aromatic amines is 1. The van der Waals surface area contributed by atoms with Crippen LogP contribution in [0.5, 0.6) is 0 Å². The molecule has 0 saturated heterocycles. The lowest BCUT2D eigenvalue weighted by Gasteiger charge is -2.02. The van der Waals surface area contributed by atoms with Crippen molar-refractivity contribution in [3.63, 3.8) is 0 Å². The first-order valence-electron chi connectivity index (χ1n) is 5.46. The highest BCUT2D eigenvalue weighted by atomic mass is 28.3. The quantitative estimate of drug-likeness (QED) is 0.474. The Hall–Kier alpha value is -1.86. The van der Waals surface area contributed by atoms with Crippen molar-refractivity contribution in [2.24, 2.45) is 0 Å². The third-order valence-corrected chi connectivity index (χ3v) is 3.15. The first kappa shape index (κ1) is 11.6. The monoisotopic (exact) mass is 242 g/mol. The Bertz CT molecular complexity index is 626. The Morgan fingerprint density at radius 2 is 2.18 bits per heavy atom. The van der Waals surface area contributed by atoms with Crippen LogP contribution in [0.2, 0.25) is 19.6 Å². The Morgan fingerprint density at radius 3 is 2.88 bits per heavy atom. The predicted molar refractivity (Wildman–Crippen MR) is 71.5 cm³/mol. The van der Waals surface area contributed by atoms with E-state index in [4.69, 9.17) is 0 Å². The lowest BCUT2D eigenvalue weighted by Crippen LogP contribution is -2.17. The van der Waals surface area contributed by atoms with Gasteiger partial charge >= 0.3 is 0 Å². The van der Waals surface area contributed by atoms with Crippen LogP contribution in [-0.2, 0) is 0 Å². The van der Waals surface area contributed by atoms with Gasteiger partial charge in [-0.1, -0.05) is 19.6 Å². The molecule has 0 aliphatic rings. The second-order valence-corrected chi connectivity index (χ2v) is 9.70. The summed E-state index contributed by atoms with van der Waals surface area (Å²) in [4.78, 5) is 19.0. The molecule has 17 heavy (non-hydrogen) atoms. The van der Waals surface area contributed by atoms with Crippen molar-refractivity contribution in [2.45, 2.75) is 19.6 Å². The molecule has 2 heterocycles. The van der Waals surface area contributed by atoms with Crippen LogP contribution in [-0.4, -0.2) is 23.8 Å². The van der Waals surface area contributed by atoms with Crippen LogP contribution in [0, 0.1) is 11.5 Å². The summed E-state index contributed by atoms with van der Waals surface area (Å²) in [5, 5.41) is 0.884. The van der Waals surface area contributed by atoms with Crippen LogP contribution in [0.1, 0.15) is 10.4 Å². The highest BCUT2D eigenvalue weighted by Crippen LogP contribution is 2.16. The maximum absolute atomic E-state index is 12.0. The molecule has 0 fully saturated rings. The lowest BCUT2D eigenvalue weighted by molar-refractivity contribution is 0.105. The van der Waals surface area contributed by atoms with E-state index in [1.807, 2.05) is 6.07 Å². The number of aromatic nitrogens is 2. The van der Waals surface area contributed by atoms with Crippen molar-refractivity contribution in [1.29, 1.82) is 0 Å². The summed E-state index contributed by atoms with van der Waals surface area (Å²) in [6, 6.07) is 1.83. The van der Waals surface area contributed by atoms with Gasteiger partial charge in [-0.05, 0) is 12.0 Å². The fourth-order valence-electron chi connectivity index (χ4n) is 1.47. The molecule has 4 heteroatoms. The Morgan fingerprint density at radius 1 is 1.41 bits per heavy atom. The number of fused-ring (bicyclic) bond motifs is 1. The molecule has 0 bridgehead atoms. The molecule has 0 amide bonds. The molecule has 0 saturated carbocycles. The molecule has 2 aromatic heterocycles. The van der Waals surface area contributed by atoms with Gasteiger partial charge in [-0.25, -0.2) is 0 Å². The fraction of sp³-hybridized carbons (Fsp3) is 0.231. The van der Waals surface area contributed by atoms with E-state index in [2.05, 4.69) is 41.1 Å². The van der Waals surface area contributed by atoms with Gasteiger partial charge in [0.15, 0.2) is 0 Å². The zero-order chi connectivity index (χ0) is 12.5. The minimum atomic E-state index is -1.50. The first-order chi connectivity index (χ1) is 7.97. The minimum absolute atomic E-state index is 0.120. The molecule has 0 aliphatic heterocycles. The number of ketones is 1. The highest BCUT2D eigenvalue weighted by Gasteiger charge is 2.12. The van der Waals surface area contributed by atoms with Crippen LogP contribution in [0.25, 0.3) is 10.9 Å². The van der Waals surface area contributed by atoms with E-state index in [-0.39, 0.29) is 5.78 Å². The van der Waals surface area contributed by atoms with Crippen molar-refractivity contribution in [1.82, 2.24) is 9.97 Å². The molecule has 0 aliphatic carbocycles. The SMILES string of the molecule is C[Si](C)(C)C#CC(=O)c1c[nH]c2cnccc12. The van der Waals surface area contributed by atoms with Gasteiger partial charge in [-0.3, -0.25) is 9.78 Å². The Balaban J connectivity index is 2.40. The van der Waals surface area contributed by atoms with Gasteiger partial charge in [0.05, 0.1) is 17.3 Å². The molecule has 0 radical (unpaired) electrons. The number of H-pyrrole nitrogens is 1. The van der Waals surface area contributed by atoms with Crippen LogP contribution in [0.4, 0.5) is 0 Å². The maximum Gasteiger partial charge on any atom is 0.237 e. The summed E-state index contributed by atoms with van der Waals surface area (Å²) >= 11 is 0. The van der Waals surface area contributed by atoms with Crippen LogP contribution < -0.4 is 0 Å². The summed E-state index contributed by atoms with van der Waals surface area (Å²) in [5.41, 5.74) is 4.58. The zero-order valence-electron chi connectivity index (χ0n) is 10.2. The molecule has 0 spiro atoms. The van der Waals surface area contributed by atoms with E-state index < -0.39 is 8.07 Å². The molecule has 0 aromatic carbocycles. The first-order valence-corrected chi connectivity index (χ1v) is 8.96. The van der Waals surface area contributed by atoms with Gasteiger partial charge in [0, 0.05) is 17.8 Å². The van der Waals surface area contributed by atoms with E-state index in [0.29, 0.717) is 5.56 Å². The number of hydrogen-bond donors (Lipinski definition) is 1. The zero-order valence-corrected chi connectivity index (χ0v) is 11.2. The van der Waals surface area contributed by atoms with E-state index in [1.165, 1.54) is 0 Å². The average Bonchev–Trinajstić information content (AvgIpc) is 2.68. The second kappa shape index (κ2) is 4.19. The van der Waals surface area contributed by atoms with Crippen LogP contribution >= 0.6 is 0 Å². The largest absolute Gasteiger partial charge is 0.359 e. The van der Waals surface area contributed by atoms with Gasteiger partial charge in [0.1, 0.15) is 8.07 Å². The molecule has 3 nitrogen and oxygen atoms in total. The molecule has 2 aromatic rings. The number of nitrogens with zero attached hydrogens (tertiary/aromatic N) is 1. The Kier molecular flexibility index (Phi) is 2.86. The smallest absolute Gasteiger partial charge is 0.237 e. The normalized spacial score (nSPS) is 11.0. The second-order valence-electron chi connectivity index (χ2n) is 4.95. The van der Waals surface area contributed by atoms with E-state index in [9.17, 15) is 4.79 Å². The predicted octanol–water partition coefficient (Wildman–Crippen LogP) is 2.63. The van der Waals surface area contributed by atoms with Crippen molar-refractivity contribution in [3.05, 3.63) is 30.2 Å². The van der Waals surface area contributed by atoms with Crippen molar-refractivity contribution in [2.75, 3.05) is 0 Å². The molecular weight excluding hydrogens is 228 g/mol. The molecule has 1 N–H and O–H groups in total. The van der Waals surface area contributed by atoms with Crippen LogP contribution in [0.15, 0.2) is 24.7 Å². The van der Waals surface area contributed by atoms with E-state index in [1.54, 1.807) is 18.6 Å². The molecular formula is C13H14N2OSi. The minimum Gasteiger partial charge on any atom is -0.359 e. The molecule has 0 unspecified atom stereocenters. The fourth-order valence-corrected chi connectivity index (χ4v) is 1.96. The van der Waals surface area contributed by atoms with Gasteiger partial charge in [0.25, 0.3) is 0 Å². The van der Waals surface area contributed by atoms with Crippen LogP contribution in [0.3, 0.4) is 0 Å². The van der Waals surface area contributed by atoms with Gasteiger partial charge in [0.2, 0.25) is 5.78 Å². The van der Waals surface area contributed by atoms with Crippen molar-refractivity contribution >= 4 is 24.8 Å². The number of rotatable bonds is 1. The highest BCUT2D eigenvalue weighted by molar-refractivity contribution is 6.84. The number of carbonyl (C=O) groups is 1. The topological polar surface area (TPSA) is 45.8 Å². The number of nitrogens with one attached hydrogen (secondary N) is 1. The third kappa shape index (κ3) is 2.63. The number of pyridine rings is 1. The maximum atomic E-state index is 12.0. The standard InChI is InChI=1S/C13H14N2OSi/c1-17(2,3)7-5-13(16)11-8-15-12-9-14-6-4-10(11)12/h4,6,8-9,15H,1-3H3.